The molecule has 1 N–H and O–H groups in total. The van der Waals surface area contributed by atoms with E-state index in [1.807, 2.05) is 0 Å². The number of aliphatic carboxylic acids is 1. The number of carboxylic acid groups (broad SMARTS) is 1. The Morgan fingerprint density at radius 3 is 2.38 bits per heavy atom. The van der Waals surface area contributed by atoms with E-state index in [4.69, 9.17) is 5.11 Å². The lowest BCUT2D eigenvalue weighted by Gasteiger charge is -1.93. The summed E-state index contributed by atoms with van der Waals surface area (Å²) in [5.74, 6) is -1.12. The highest BCUT2D eigenvalue weighted by Crippen LogP contribution is 1.94. The molecule has 1 atom stereocenters. The van der Waals surface area contributed by atoms with E-state index in [0.29, 0.717) is 0 Å². The summed E-state index contributed by atoms with van der Waals surface area (Å²) in [6.07, 6.45) is 3.38. The van der Waals surface area contributed by atoms with E-state index < -0.39 is 5.97 Å². The molecule has 0 aromatic heterocycles. The van der Waals surface area contributed by atoms with Crippen molar-refractivity contribution in [1.29, 1.82) is 0 Å². The van der Waals surface area contributed by atoms with Crippen LogP contribution in [0.3, 0.4) is 0 Å². The zero-order chi connectivity index (χ0) is 6.57. The van der Waals surface area contributed by atoms with Gasteiger partial charge in [-0.2, -0.15) is 0 Å². The standard InChI is InChI=1S/C6H10O2/c1-3-4-5(2)6(7)8/h3-5H,1-2H3,(H,7,8)/b4-3+. The highest BCUT2D eigenvalue weighted by molar-refractivity contribution is 5.71. The van der Waals surface area contributed by atoms with E-state index in [9.17, 15) is 4.79 Å². The molecule has 0 saturated carbocycles. The molecule has 46 valence electrons. The molecule has 0 rings (SSSR count). The van der Waals surface area contributed by atoms with Crippen LogP contribution in [0.4, 0.5) is 0 Å². The van der Waals surface area contributed by atoms with Crippen molar-refractivity contribution in [2.24, 2.45) is 5.92 Å². The number of rotatable bonds is 2. The van der Waals surface area contributed by atoms with Crippen molar-refractivity contribution in [3.63, 3.8) is 0 Å². The minimum absolute atomic E-state index is 0.347. The molecule has 0 heterocycles. The van der Waals surface area contributed by atoms with Gasteiger partial charge >= 0.3 is 5.97 Å². The maximum atomic E-state index is 10.0. The summed E-state index contributed by atoms with van der Waals surface area (Å²) in [6, 6.07) is 0. The second-order valence-corrected chi connectivity index (χ2v) is 1.65. The van der Waals surface area contributed by atoms with Crippen LogP contribution >= 0.6 is 0 Å². The first-order valence-electron chi connectivity index (χ1n) is 2.54. The van der Waals surface area contributed by atoms with E-state index in [-0.39, 0.29) is 5.92 Å². The van der Waals surface area contributed by atoms with Crippen LogP contribution in [0.15, 0.2) is 12.2 Å². The van der Waals surface area contributed by atoms with Gasteiger partial charge in [0.05, 0.1) is 5.92 Å². The monoisotopic (exact) mass is 114 g/mol. The van der Waals surface area contributed by atoms with Crippen LogP contribution < -0.4 is 0 Å². The zero-order valence-corrected chi connectivity index (χ0v) is 5.09. The van der Waals surface area contributed by atoms with Gasteiger partial charge in [-0.3, -0.25) is 4.79 Å². The fourth-order valence-corrected chi connectivity index (χ4v) is 0.371. The molecular weight excluding hydrogens is 104 g/mol. The average molecular weight is 114 g/mol. The smallest absolute Gasteiger partial charge is 0.310 e. The molecule has 0 saturated heterocycles. The largest absolute Gasteiger partial charge is 0.481 e. The number of carbonyl (C=O) groups is 1. The topological polar surface area (TPSA) is 37.3 Å². The van der Waals surface area contributed by atoms with E-state index in [1.54, 1.807) is 26.0 Å². The molecular formula is C6H10O2. The third-order valence-electron chi connectivity index (χ3n) is 0.871. The van der Waals surface area contributed by atoms with Crippen LogP contribution in [0.1, 0.15) is 13.8 Å². The molecule has 0 aromatic rings. The first kappa shape index (κ1) is 7.21. The predicted molar refractivity (Wildman–Crippen MR) is 31.6 cm³/mol. The summed E-state index contributed by atoms with van der Waals surface area (Å²) in [7, 11) is 0. The normalized spacial score (nSPS) is 14.2. The molecule has 1 unspecified atom stereocenters. The third kappa shape index (κ3) is 2.39. The quantitative estimate of drug-likeness (QED) is 0.549. The Kier molecular flexibility index (Phi) is 2.92. The van der Waals surface area contributed by atoms with Crippen molar-refractivity contribution < 1.29 is 9.90 Å². The van der Waals surface area contributed by atoms with Gasteiger partial charge in [0.2, 0.25) is 0 Å². The van der Waals surface area contributed by atoms with Crippen molar-refractivity contribution in [1.82, 2.24) is 0 Å². The fourth-order valence-electron chi connectivity index (χ4n) is 0.371. The Bertz CT molecular complexity index is 105. The van der Waals surface area contributed by atoms with Gasteiger partial charge in [0.15, 0.2) is 0 Å². The summed E-state index contributed by atoms with van der Waals surface area (Å²) in [6.45, 7) is 3.45. The van der Waals surface area contributed by atoms with Crippen LogP contribution in [-0.4, -0.2) is 11.1 Å². The highest BCUT2D eigenvalue weighted by Gasteiger charge is 2.03. The number of carboxylic acids is 1. The van der Waals surface area contributed by atoms with Crippen molar-refractivity contribution in [3.05, 3.63) is 12.2 Å². The zero-order valence-electron chi connectivity index (χ0n) is 5.09. The first-order valence-corrected chi connectivity index (χ1v) is 2.54. The lowest BCUT2D eigenvalue weighted by atomic mass is 10.2. The van der Waals surface area contributed by atoms with Crippen molar-refractivity contribution in [3.8, 4) is 0 Å². The minimum Gasteiger partial charge on any atom is -0.481 e. The van der Waals surface area contributed by atoms with Crippen molar-refractivity contribution in [2.75, 3.05) is 0 Å². The Labute approximate surface area is 48.8 Å². The molecule has 0 radical (unpaired) electrons. The maximum Gasteiger partial charge on any atom is 0.310 e. The molecule has 0 fully saturated rings. The van der Waals surface area contributed by atoms with E-state index in [1.165, 1.54) is 0 Å². The molecule has 0 aliphatic heterocycles. The minimum atomic E-state index is -0.775. The van der Waals surface area contributed by atoms with Gasteiger partial charge in [0.25, 0.3) is 0 Å². The molecule has 0 aromatic carbocycles. The molecule has 8 heavy (non-hydrogen) atoms. The van der Waals surface area contributed by atoms with Gasteiger partial charge in [0, 0.05) is 0 Å². The number of hydrogen-bond donors (Lipinski definition) is 1. The van der Waals surface area contributed by atoms with Crippen LogP contribution in [0.25, 0.3) is 0 Å². The molecule has 0 spiro atoms. The second-order valence-electron chi connectivity index (χ2n) is 1.65. The van der Waals surface area contributed by atoms with Gasteiger partial charge in [-0.15, -0.1) is 0 Å². The highest BCUT2D eigenvalue weighted by atomic mass is 16.4. The SMILES string of the molecule is C/C=C/C(C)C(=O)O. The van der Waals surface area contributed by atoms with E-state index in [2.05, 4.69) is 0 Å². The van der Waals surface area contributed by atoms with E-state index in [0.717, 1.165) is 0 Å². The van der Waals surface area contributed by atoms with Gasteiger partial charge in [-0.1, -0.05) is 12.2 Å². The van der Waals surface area contributed by atoms with Crippen molar-refractivity contribution >= 4 is 5.97 Å². The molecule has 0 aliphatic carbocycles. The van der Waals surface area contributed by atoms with Crippen LogP contribution in [-0.2, 0) is 4.79 Å². The average Bonchev–Trinajstić information content (AvgIpc) is 1.67. The van der Waals surface area contributed by atoms with Gasteiger partial charge in [0.1, 0.15) is 0 Å². The summed E-state index contributed by atoms with van der Waals surface area (Å²) < 4.78 is 0. The van der Waals surface area contributed by atoms with Crippen LogP contribution in [0.2, 0.25) is 0 Å². The first-order chi connectivity index (χ1) is 3.68. The lowest BCUT2D eigenvalue weighted by Crippen LogP contribution is -2.05. The molecule has 2 nitrogen and oxygen atoms in total. The number of allylic oxidation sites excluding steroid dienone is 1. The Balaban J connectivity index is 3.64. The second kappa shape index (κ2) is 3.24. The predicted octanol–water partition coefficient (Wildman–Crippen LogP) is 1.28. The van der Waals surface area contributed by atoms with E-state index >= 15 is 0 Å². The Morgan fingerprint density at radius 1 is 1.75 bits per heavy atom. The molecule has 0 aliphatic rings. The summed E-state index contributed by atoms with van der Waals surface area (Å²) in [5, 5.41) is 8.26. The van der Waals surface area contributed by atoms with Gasteiger partial charge in [-0.25, -0.2) is 0 Å². The lowest BCUT2D eigenvalue weighted by molar-refractivity contribution is -0.139. The Morgan fingerprint density at radius 2 is 2.25 bits per heavy atom. The fraction of sp³-hybridized carbons (Fsp3) is 0.500. The number of hydrogen-bond acceptors (Lipinski definition) is 1. The summed E-state index contributed by atoms with van der Waals surface area (Å²) in [4.78, 5) is 10.0. The van der Waals surface area contributed by atoms with Gasteiger partial charge in [-0.05, 0) is 13.8 Å². The van der Waals surface area contributed by atoms with Crippen LogP contribution in [0.5, 0.6) is 0 Å². The maximum absolute atomic E-state index is 10.0. The van der Waals surface area contributed by atoms with Gasteiger partial charge < -0.3 is 5.11 Å². The summed E-state index contributed by atoms with van der Waals surface area (Å²) in [5.41, 5.74) is 0. The molecule has 0 bridgehead atoms. The van der Waals surface area contributed by atoms with Crippen LogP contribution in [0, 0.1) is 5.92 Å². The summed E-state index contributed by atoms with van der Waals surface area (Å²) >= 11 is 0. The Hall–Kier alpha value is -0.790. The molecule has 0 amide bonds. The third-order valence-corrected chi connectivity index (χ3v) is 0.871. The van der Waals surface area contributed by atoms with Crippen molar-refractivity contribution in [2.45, 2.75) is 13.8 Å². The molecule has 2 heteroatoms.